The smallest absolute Gasteiger partial charge is 0.314 e. The molecule has 0 aromatic heterocycles. The minimum absolute atomic E-state index is 0.0359. The van der Waals surface area contributed by atoms with E-state index in [9.17, 15) is 13.2 Å². The van der Waals surface area contributed by atoms with Crippen LogP contribution in [0.25, 0.3) is 0 Å². The van der Waals surface area contributed by atoms with Crippen LogP contribution >= 0.6 is 15.9 Å². The predicted octanol–water partition coefficient (Wildman–Crippen LogP) is 4.21. The van der Waals surface area contributed by atoms with Crippen LogP contribution in [0.2, 0.25) is 0 Å². The first kappa shape index (κ1) is 16.8. The van der Waals surface area contributed by atoms with E-state index in [2.05, 4.69) is 33.1 Å². The molecule has 1 atom stereocenters. The van der Waals surface area contributed by atoms with Gasteiger partial charge in [0.05, 0.1) is 5.56 Å². The fourth-order valence-corrected chi connectivity index (χ4v) is 3.29. The summed E-state index contributed by atoms with van der Waals surface area (Å²) in [5, 5.41) is 3.28. The zero-order chi connectivity index (χ0) is 15.5. The number of piperazine rings is 1. The second kappa shape index (κ2) is 7.11. The largest absolute Gasteiger partial charge is 0.416 e. The number of alkyl halides is 3. The van der Waals surface area contributed by atoms with Gasteiger partial charge in [0.15, 0.2) is 0 Å². The van der Waals surface area contributed by atoms with Crippen molar-refractivity contribution < 1.29 is 13.2 Å². The number of benzene rings is 1. The van der Waals surface area contributed by atoms with Crippen LogP contribution in [-0.4, -0.2) is 31.1 Å². The van der Waals surface area contributed by atoms with Gasteiger partial charge in [-0.1, -0.05) is 29.3 Å². The third kappa shape index (κ3) is 4.20. The third-order valence-electron chi connectivity index (χ3n) is 3.84. The van der Waals surface area contributed by atoms with Gasteiger partial charge in [0, 0.05) is 36.7 Å². The number of halogens is 4. The lowest BCUT2D eigenvalue weighted by atomic mass is 9.98. The molecule has 1 aliphatic rings. The molecule has 6 heteroatoms. The van der Waals surface area contributed by atoms with Crippen molar-refractivity contribution in [3.63, 3.8) is 0 Å². The summed E-state index contributed by atoms with van der Waals surface area (Å²) in [5.74, 6) is 0. The molecule has 1 aromatic carbocycles. The Morgan fingerprint density at radius 1 is 1.29 bits per heavy atom. The lowest BCUT2D eigenvalue weighted by Crippen LogP contribution is -2.45. The molecule has 1 fully saturated rings. The number of rotatable bonds is 4. The summed E-state index contributed by atoms with van der Waals surface area (Å²) in [7, 11) is 0. The van der Waals surface area contributed by atoms with Crippen LogP contribution in [0.1, 0.15) is 36.9 Å². The van der Waals surface area contributed by atoms with Crippen molar-refractivity contribution in [1.82, 2.24) is 10.2 Å². The molecule has 1 heterocycles. The highest BCUT2D eigenvalue weighted by atomic mass is 79.9. The fraction of sp³-hybridized carbons (Fsp3) is 0.600. The molecule has 118 valence electrons. The van der Waals surface area contributed by atoms with Gasteiger partial charge in [-0.15, -0.1) is 0 Å². The van der Waals surface area contributed by atoms with Gasteiger partial charge in [-0.2, -0.15) is 13.2 Å². The van der Waals surface area contributed by atoms with E-state index in [4.69, 9.17) is 0 Å². The lowest BCUT2D eigenvalue weighted by molar-refractivity contribution is -0.137. The number of hydrogen-bond donors (Lipinski definition) is 1. The Morgan fingerprint density at radius 3 is 2.52 bits per heavy atom. The van der Waals surface area contributed by atoms with Crippen molar-refractivity contribution in [1.29, 1.82) is 0 Å². The number of nitrogens with one attached hydrogen (secondary N) is 1. The molecule has 0 amide bonds. The van der Waals surface area contributed by atoms with Crippen LogP contribution in [-0.2, 0) is 6.18 Å². The van der Waals surface area contributed by atoms with Gasteiger partial charge >= 0.3 is 6.18 Å². The van der Waals surface area contributed by atoms with Gasteiger partial charge in [0.1, 0.15) is 0 Å². The third-order valence-corrected chi connectivity index (χ3v) is 4.56. The van der Waals surface area contributed by atoms with Gasteiger partial charge in [-0.05, 0) is 30.2 Å². The molecule has 0 saturated carbocycles. The first-order valence-corrected chi connectivity index (χ1v) is 8.04. The molecule has 0 bridgehead atoms. The molecule has 1 N–H and O–H groups in total. The standard InChI is InChI=1S/C15H20BrF3N2/c1-2-3-14(21-8-6-20-7-9-21)12-10-11(15(17,18)19)4-5-13(12)16/h4-5,10,14,20H,2-3,6-9H2,1H3/t14-/m0/s1. The summed E-state index contributed by atoms with van der Waals surface area (Å²) in [6.07, 6.45) is -2.49. The predicted molar refractivity (Wildman–Crippen MR) is 81.2 cm³/mol. The van der Waals surface area contributed by atoms with Crippen molar-refractivity contribution in [2.45, 2.75) is 32.0 Å². The maximum Gasteiger partial charge on any atom is 0.416 e. The Balaban J connectivity index is 2.34. The molecule has 2 nitrogen and oxygen atoms in total. The summed E-state index contributed by atoms with van der Waals surface area (Å²) in [5.41, 5.74) is 0.172. The van der Waals surface area contributed by atoms with Gasteiger partial charge in [-0.3, -0.25) is 4.90 Å². The highest BCUT2D eigenvalue weighted by molar-refractivity contribution is 9.10. The van der Waals surface area contributed by atoms with Crippen molar-refractivity contribution in [3.8, 4) is 0 Å². The summed E-state index contributed by atoms with van der Waals surface area (Å²) in [6.45, 7) is 5.57. The topological polar surface area (TPSA) is 15.3 Å². The molecule has 0 radical (unpaired) electrons. The average molecular weight is 365 g/mol. The summed E-state index contributed by atoms with van der Waals surface area (Å²) in [6, 6.07) is 3.98. The molecule has 1 aromatic rings. The molecular weight excluding hydrogens is 345 g/mol. The summed E-state index contributed by atoms with van der Waals surface area (Å²) in [4.78, 5) is 2.28. The molecule has 1 aliphatic heterocycles. The maximum absolute atomic E-state index is 13.0. The van der Waals surface area contributed by atoms with Crippen molar-refractivity contribution in [2.24, 2.45) is 0 Å². The van der Waals surface area contributed by atoms with Crippen molar-refractivity contribution >= 4 is 15.9 Å². The normalized spacial score (nSPS) is 18.7. The molecule has 2 rings (SSSR count). The Hall–Kier alpha value is -0.590. The highest BCUT2D eigenvalue weighted by Gasteiger charge is 2.32. The maximum atomic E-state index is 13.0. The van der Waals surface area contributed by atoms with E-state index in [0.717, 1.165) is 55.1 Å². The van der Waals surface area contributed by atoms with E-state index in [1.807, 2.05) is 0 Å². The molecule has 21 heavy (non-hydrogen) atoms. The second-order valence-electron chi connectivity index (χ2n) is 5.32. The van der Waals surface area contributed by atoms with E-state index in [1.165, 1.54) is 12.1 Å². The lowest BCUT2D eigenvalue weighted by Gasteiger charge is -2.36. The Kier molecular flexibility index (Phi) is 5.68. The summed E-state index contributed by atoms with van der Waals surface area (Å²) >= 11 is 3.42. The number of nitrogens with zero attached hydrogens (tertiary/aromatic N) is 1. The first-order chi connectivity index (χ1) is 9.93. The van der Waals surface area contributed by atoms with Gasteiger partial charge in [0.25, 0.3) is 0 Å². The van der Waals surface area contributed by atoms with Gasteiger partial charge < -0.3 is 5.32 Å². The Morgan fingerprint density at radius 2 is 1.95 bits per heavy atom. The Labute approximate surface area is 131 Å². The number of hydrogen-bond acceptors (Lipinski definition) is 2. The second-order valence-corrected chi connectivity index (χ2v) is 6.18. The summed E-state index contributed by atoms with van der Waals surface area (Å²) < 4.78 is 39.6. The SMILES string of the molecule is CCC[C@@H](c1cc(C(F)(F)F)ccc1Br)N1CCNCC1. The monoisotopic (exact) mass is 364 g/mol. The highest BCUT2D eigenvalue weighted by Crippen LogP contribution is 2.37. The minimum Gasteiger partial charge on any atom is -0.314 e. The quantitative estimate of drug-likeness (QED) is 0.860. The molecule has 0 spiro atoms. The van der Waals surface area contributed by atoms with E-state index in [-0.39, 0.29) is 6.04 Å². The zero-order valence-corrected chi connectivity index (χ0v) is 13.6. The van der Waals surface area contributed by atoms with Crippen LogP contribution in [0.5, 0.6) is 0 Å². The van der Waals surface area contributed by atoms with Crippen molar-refractivity contribution in [3.05, 3.63) is 33.8 Å². The molecule has 0 unspecified atom stereocenters. The van der Waals surface area contributed by atoms with Crippen molar-refractivity contribution in [2.75, 3.05) is 26.2 Å². The fourth-order valence-electron chi connectivity index (χ4n) is 2.78. The van der Waals surface area contributed by atoms with Crippen LogP contribution in [0.4, 0.5) is 13.2 Å². The first-order valence-electron chi connectivity index (χ1n) is 7.25. The van der Waals surface area contributed by atoms with E-state index >= 15 is 0 Å². The van der Waals surface area contributed by atoms with E-state index in [0.29, 0.717) is 0 Å². The zero-order valence-electron chi connectivity index (χ0n) is 12.0. The van der Waals surface area contributed by atoms with E-state index in [1.54, 1.807) is 0 Å². The van der Waals surface area contributed by atoms with Crippen LogP contribution < -0.4 is 5.32 Å². The van der Waals surface area contributed by atoms with E-state index < -0.39 is 11.7 Å². The van der Waals surface area contributed by atoms with Gasteiger partial charge in [-0.25, -0.2) is 0 Å². The average Bonchev–Trinajstić information content (AvgIpc) is 2.45. The Bertz CT molecular complexity index is 470. The van der Waals surface area contributed by atoms with Gasteiger partial charge in [0.2, 0.25) is 0 Å². The minimum atomic E-state index is -4.30. The molecular formula is C15H20BrF3N2. The molecule has 1 saturated heterocycles. The van der Waals surface area contributed by atoms with Crippen LogP contribution in [0.3, 0.4) is 0 Å². The van der Waals surface area contributed by atoms with Crippen LogP contribution in [0, 0.1) is 0 Å². The molecule has 0 aliphatic carbocycles. The van der Waals surface area contributed by atoms with Crippen LogP contribution in [0.15, 0.2) is 22.7 Å².